The number of nitriles is 1. The molecule has 0 radical (unpaired) electrons. The Balaban J connectivity index is 3.41. The topological polar surface area (TPSA) is 35.8 Å². The molecule has 0 fully saturated rings. The first kappa shape index (κ1) is 12.4. The van der Waals surface area contributed by atoms with Crippen LogP contribution in [0.5, 0.6) is 0 Å². The fourth-order valence-corrected chi connectivity index (χ4v) is 1.11. The Morgan fingerprint density at radius 3 is 2.23 bits per heavy atom. The van der Waals surface area contributed by atoms with Crippen molar-refractivity contribution in [3.8, 4) is 6.07 Å². The standard InChI is InChI=1S/C11H22N2/c1-9(2)5-6-11(4)13-8-10(3)7-12/h9-11,13H,5-6,8H2,1-4H3. The Morgan fingerprint density at radius 2 is 1.77 bits per heavy atom. The molecule has 0 aliphatic carbocycles. The van der Waals surface area contributed by atoms with Crippen LogP contribution in [0.15, 0.2) is 0 Å². The van der Waals surface area contributed by atoms with E-state index in [1.54, 1.807) is 0 Å². The van der Waals surface area contributed by atoms with Crippen molar-refractivity contribution in [3.05, 3.63) is 0 Å². The van der Waals surface area contributed by atoms with Gasteiger partial charge in [0.25, 0.3) is 0 Å². The van der Waals surface area contributed by atoms with Gasteiger partial charge in [0.1, 0.15) is 0 Å². The van der Waals surface area contributed by atoms with Crippen molar-refractivity contribution in [2.45, 2.75) is 46.6 Å². The van der Waals surface area contributed by atoms with Gasteiger partial charge in [0.15, 0.2) is 0 Å². The molecule has 0 aromatic carbocycles. The van der Waals surface area contributed by atoms with Crippen molar-refractivity contribution >= 4 is 0 Å². The van der Waals surface area contributed by atoms with Crippen LogP contribution in [0.1, 0.15) is 40.5 Å². The Hall–Kier alpha value is -0.550. The molecular weight excluding hydrogens is 160 g/mol. The summed E-state index contributed by atoms with van der Waals surface area (Å²) >= 11 is 0. The van der Waals surface area contributed by atoms with Crippen molar-refractivity contribution in [2.24, 2.45) is 11.8 Å². The molecule has 2 atom stereocenters. The summed E-state index contributed by atoms with van der Waals surface area (Å²) in [5, 5.41) is 11.9. The summed E-state index contributed by atoms with van der Waals surface area (Å²) in [4.78, 5) is 0. The molecule has 2 nitrogen and oxygen atoms in total. The first-order chi connectivity index (χ1) is 6.06. The third kappa shape index (κ3) is 7.80. The predicted molar refractivity (Wildman–Crippen MR) is 56.3 cm³/mol. The molecule has 0 amide bonds. The Labute approximate surface area is 82.3 Å². The van der Waals surface area contributed by atoms with E-state index < -0.39 is 0 Å². The summed E-state index contributed by atoms with van der Waals surface area (Å²) in [5.41, 5.74) is 0. The summed E-state index contributed by atoms with van der Waals surface area (Å²) < 4.78 is 0. The number of hydrogen-bond donors (Lipinski definition) is 1. The average Bonchev–Trinajstić information content (AvgIpc) is 2.10. The second kappa shape index (κ2) is 6.91. The van der Waals surface area contributed by atoms with E-state index >= 15 is 0 Å². The normalized spacial score (nSPS) is 15.4. The van der Waals surface area contributed by atoms with Gasteiger partial charge >= 0.3 is 0 Å². The van der Waals surface area contributed by atoms with Gasteiger partial charge < -0.3 is 5.32 Å². The van der Waals surface area contributed by atoms with Crippen LogP contribution in [0, 0.1) is 23.2 Å². The lowest BCUT2D eigenvalue weighted by molar-refractivity contribution is 0.438. The van der Waals surface area contributed by atoms with E-state index in [1.807, 2.05) is 6.92 Å². The fraction of sp³-hybridized carbons (Fsp3) is 0.909. The van der Waals surface area contributed by atoms with E-state index in [1.165, 1.54) is 12.8 Å². The van der Waals surface area contributed by atoms with Gasteiger partial charge in [-0.05, 0) is 32.6 Å². The largest absolute Gasteiger partial charge is 0.313 e. The van der Waals surface area contributed by atoms with Gasteiger partial charge in [0.05, 0.1) is 12.0 Å². The molecule has 2 unspecified atom stereocenters. The van der Waals surface area contributed by atoms with Crippen molar-refractivity contribution < 1.29 is 0 Å². The molecule has 0 aliphatic rings. The molecule has 1 N–H and O–H groups in total. The van der Waals surface area contributed by atoms with E-state index in [9.17, 15) is 0 Å². The Morgan fingerprint density at radius 1 is 1.15 bits per heavy atom. The van der Waals surface area contributed by atoms with Crippen LogP contribution in [0.3, 0.4) is 0 Å². The van der Waals surface area contributed by atoms with Gasteiger partial charge in [0.2, 0.25) is 0 Å². The maximum absolute atomic E-state index is 8.58. The van der Waals surface area contributed by atoms with Gasteiger partial charge in [-0.15, -0.1) is 0 Å². The predicted octanol–water partition coefficient (Wildman–Crippen LogP) is 2.56. The molecule has 76 valence electrons. The maximum atomic E-state index is 8.58. The summed E-state index contributed by atoms with van der Waals surface area (Å²) in [6.45, 7) is 9.43. The highest BCUT2D eigenvalue weighted by atomic mass is 14.9. The molecule has 0 bridgehead atoms. The first-order valence-corrected chi connectivity index (χ1v) is 5.19. The maximum Gasteiger partial charge on any atom is 0.0666 e. The average molecular weight is 182 g/mol. The second-order valence-corrected chi connectivity index (χ2v) is 4.31. The number of nitrogens with zero attached hydrogens (tertiary/aromatic N) is 1. The lowest BCUT2D eigenvalue weighted by Crippen LogP contribution is -2.30. The summed E-state index contributed by atoms with van der Waals surface area (Å²) in [5.74, 6) is 0.902. The van der Waals surface area contributed by atoms with E-state index in [-0.39, 0.29) is 5.92 Å². The zero-order valence-electron chi connectivity index (χ0n) is 9.30. The second-order valence-electron chi connectivity index (χ2n) is 4.31. The molecule has 0 saturated heterocycles. The zero-order chi connectivity index (χ0) is 10.3. The molecule has 13 heavy (non-hydrogen) atoms. The highest BCUT2D eigenvalue weighted by molar-refractivity contribution is 4.81. The van der Waals surface area contributed by atoms with Crippen LogP contribution in [-0.4, -0.2) is 12.6 Å². The lowest BCUT2D eigenvalue weighted by Gasteiger charge is -2.15. The quantitative estimate of drug-likeness (QED) is 0.685. The molecule has 0 rings (SSSR count). The van der Waals surface area contributed by atoms with E-state index in [4.69, 9.17) is 5.26 Å². The third-order valence-electron chi connectivity index (χ3n) is 2.17. The minimum atomic E-state index is 0.126. The van der Waals surface area contributed by atoms with Gasteiger partial charge in [-0.1, -0.05) is 13.8 Å². The lowest BCUT2D eigenvalue weighted by atomic mass is 10.0. The van der Waals surface area contributed by atoms with E-state index in [2.05, 4.69) is 32.2 Å². The van der Waals surface area contributed by atoms with Crippen LogP contribution < -0.4 is 5.32 Å². The van der Waals surface area contributed by atoms with Crippen LogP contribution >= 0.6 is 0 Å². The van der Waals surface area contributed by atoms with Gasteiger partial charge in [-0.25, -0.2) is 0 Å². The molecule has 2 heteroatoms. The van der Waals surface area contributed by atoms with Gasteiger partial charge in [-0.3, -0.25) is 0 Å². The SMILES string of the molecule is CC(C)CCC(C)NCC(C)C#N. The monoisotopic (exact) mass is 182 g/mol. The zero-order valence-corrected chi connectivity index (χ0v) is 9.30. The minimum Gasteiger partial charge on any atom is -0.313 e. The van der Waals surface area contributed by atoms with Crippen LogP contribution in [0.2, 0.25) is 0 Å². The van der Waals surface area contributed by atoms with Crippen LogP contribution in [0.4, 0.5) is 0 Å². The van der Waals surface area contributed by atoms with E-state index in [0.717, 1.165) is 12.5 Å². The minimum absolute atomic E-state index is 0.126. The smallest absolute Gasteiger partial charge is 0.0666 e. The highest BCUT2D eigenvalue weighted by Gasteiger charge is 2.05. The molecule has 0 aliphatic heterocycles. The van der Waals surface area contributed by atoms with Crippen LogP contribution in [0.25, 0.3) is 0 Å². The number of rotatable bonds is 6. The molecule has 0 saturated carbocycles. The molecule has 0 spiro atoms. The number of hydrogen-bond acceptors (Lipinski definition) is 2. The van der Waals surface area contributed by atoms with Gasteiger partial charge in [0, 0.05) is 12.6 Å². The Kier molecular flexibility index (Phi) is 6.62. The van der Waals surface area contributed by atoms with Crippen molar-refractivity contribution in [2.75, 3.05) is 6.54 Å². The summed E-state index contributed by atoms with van der Waals surface area (Å²) in [7, 11) is 0. The molecule has 0 heterocycles. The molecule has 0 aromatic heterocycles. The molecule has 0 aromatic rings. The molecular formula is C11H22N2. The third-order valence-corrected chi connectivity index (χ3v) is 2.17. The highest BCUT2D eigenvalue weighted by Crippen LogP contribution is 2.06. The first-order valence-electron chi connectivity index (χ1n) is 5.19. The number of nitrogens with one attached hydrogen (secondary N) is 1. The fourth-order valence-electron chi connectivity index (χ4n) is 1.11. The van der Waals surface area contributed by atoms with Gasteiger partial charge in [-0.2, -0.15) is 5.26 Å². The van der Waals surface area contributed by atoms with Crippen LogP contribution in [-0.2, 0) is 0 Å². The Bertz CT molecular complexity index is 158. The van der Waals surface area contributed by atoms with Crippen molar-refractivity contribution in [1.82, 2.24) is 5.32 Å². The van der Waals surface area contributed by atoms with Crippen molar-refractivity contribution in [1.29, 1.82) is 5.26 Å². The summed E-state index contributed by atoms with van der Waals surface area (Å²) in [6, 6.07) is 2.76. The van der Waals surface area contributed by atoms with E-state index in [0.29, 0.717) is 6.04 Å². The summed E-state index contributed by atoms with van der Waals surface area (Å²) in [6.07, 6.45) is 2.46. The van der Waals surface area contributed by atoms with Crippen molar-refractivity contribution in [3.63, 3.8) is 0 Å².